The SMILES string of the molecule is CN(C)Cc1cc2c(N3CCOCC3)nc(-c3cccc(COS(C)(=O)=O)c3)nn2c1. The molecule has 9 nitrogen and oxygen atoms in total. The van der Waals surface area contributed by atoms with Crippen molar-refractivity contribution < 1.29 is 17.3 Å². The zero-order valence-corrected chi connectivity index (χ0v) is 18.8. The maximum atomic E-state index is 11.3. The van der Waals surface area contributed by atoms with Crippen LogP contribution >= 0.6 is 0 Å². The van der Waals surface area contributed by atoms with E-state index in [9.17, 15) is 8.42 Å². The lowest BCUT2D eigenvalue weighted by Crippen LogP contribution is -2.37. The fourth-order valence-electron chi connectivity index (χ4n) is 3.59. The second kappa shape index (κ2) is 8.91. The van der Waals surface area contributed by atoms with E-state index in [2.05, 4.69) is 15.9 Å². The van der Waals surface area contributed by atoms with E-state index in [4.69, 9.17) is 19.0 Å². The van der Waals surface area contributed by atoms with E-state index in [0.717, 1.165) is 53.9 Å². The molecular formula is C21H27N5O4S. The number of hydrogen-bond donors (Lipinski definition) is 0. The molecule has 0 aliphatic carbocycles. The summed E-state index contributed by atoms with van der Waals surface area (Å²) in [5.74, 6) is 1.44. The van der Waals surface area contributed by atoms with Gasteiger partial charge in [-0.15, -0.1) is 5.10 Å². The van der Waals surface area contributed by atoms with Gasteiger partial charge in [-0.1, -0.05) is 18.2 Å². The third-order valence-corrected chi connectivity index (χ3v) is 5.48. The summed E-state index contributed by atoms with van der Waals surface area (Å²) in [7, 11) is 0.553. The van der Waals surface area contributed by atoms with Gasteiger partial charge in [-0.2, -0.15) is 8.42 Å². The molecule has 0 radical (unpaired) electrons. The maximum Gasteiger partial charge on any atom is 0.264 e. The standard InChI is InChI=1S/C21H27N5O4S/c1-24(2)13-17-12-19-21(25-7-9-29-10-8-25)22-20(23-26(19)14-17)18-6-4-5-16(11-18)15-30-31(3,27)28/h4-6,11-12,14H,7-10,13,15H2,1-3H3. The number of anilines is 1. The summed E-state index contributed by atoms with van der Waals surface area (Å²) in [6.07, 6.45) is 3.07. The number of rotatable bonds is 7. The number of hydrogen-bond acceptors (Lipinski definition) is 8. The minimum atomic E-state index is -3.51. The monoisotopic (exact) mass is 445 g/mol. The van der Waals surface area contributed by atoms with Crippen LogP contribution in [-0.2, 0) is 32.2 Å². The molecule has 0 N–H and O–H groups in total. The molecule has 0 bridgehead atoms. The molecule has 0 amide bonds. The molecule has 1 saturated heterocycles. The molecule has 1 aromatic carbocycles. The molecule has 1 aliphatic rings. The summed E-state index contributed by atoms with van der Waals surface area (Å²) in [5, 5.41) is 4.75. The van der Waals surface area contributed by atoms with Crippen molar-refractivity contribution in [2.45, 2.75) is 13.2 Å². The van der Waals surface area contributed by atoms with E-state index in [1.807, 2.05) is 49.1 Å². The molecule has 1 aliphatic heterocycles. The van der Waals surface area contributed by atoms with Crippen molar-refractivity contribution in [1.29, 1.82) is 0 Å². The van der Waals surface area contributed by atoms with Gasteiger partial charge in [0.05, 0.1) is 26.1 Å². The van der Waals surface area contributed by atoms with E-state index < -0.39 is 10.1 Å². The predicted molar refractivity (Wildman–Crippen MR) is 118 cm³/mol. The highest BCUT2D eigenvalue weighted by molar-refractivity contribution is 7.85. The number of fused-ring (bicyclic) bond motifs is 1. The normalized spacial score (nSPS) is 15.2. The number of morpholine rings is 1. The van der Waals surface area contributed by atoms with E-state index in [0.29, 0.717) is 19.0 Å². The van der Waals surface area contributed by atoms with Crippen LogP contribution in [0.5, 0.6) is 0 Å². The van der Waals surface area contributed by atoms with Gasteiger partial charge in [0.2, 0.25) is 0 Å². The van der Waals surface area contributed by atoms with Crippen molar-refractivity contribution in [2.24, 2.45) is 0 Å². The van der Waals surface area contributed by atoms with Crippen molar-refractivity contribution >= 4 is 21.5 Å². The van der Waals surface area contributed by atoms with Crippen LogP contribution < -0.4 is 4.90 Å². The molecule has 0 spiro atoms. The van der Waals surface area contributed by atoms with Gasteiger partial charge >= 0.3 is 0 Å². The molecule has 3 heterocycles. The van der Waals surface area contributed by atoms with Crippen LogP contribution in [0.4, 0.5) is 5.82 Å². The molecule has 2 aromatic heterocycles. The summed E-state index contributed by atoms with van der Waals surface area (Å²) in [6.45, 7) is 3.64. The number of aromatic nitrogens is 3. The first-order chi connectivity index (χ1) is 14.8. The lowest BCUT2D eigenvalue weighted by molar-refractivity contribution is 0.122. The molecule has 0 unspecified atom stereocenters. The Morgan fingerprint density at radius 3 is 2.65 bits per heavy atom. The van der Waals surface area contributed by atoms with E-state index >= 15 is 0 Å². The van der Waals surface area contributed by atoms with Crippen LogP contribution in [0.3, 0.4) is 0 Å². The molecule has 10 heteroatoms. The smallest absolute Gasteiger partial charge is 0.264 e. The summed E-state index contributed by atoms with van der Waals surface area (Å²) in [5.41, 5.74) is 3.65. The van der Waals surface area contributed by atoms with Crippen molar-refractivity contribution in [2.75, 3.05) is 51.6 Å². The van der Waals surface area contributed by atoms with Gasteiger partial charge in [0, 0.05) is 31.4 Å². The van der Waals surface area contributed by atoms with Crippen LogP contribution in [0.25, 0.3) is 16.9 Å². The largest absolute Gasteiger partial charge is 0.378 e. The molecule has 0 saturated carbocycles. The van der Waals surface area contributed by atoms with Gasteiger partial charge in [0.25, 0.3) is 10.1 Å². The highest BCUT2D eigenvalue weighted by atomic mass is 32.2. The van der Waals surface area contributed by atoms with Crippen molar-refractivity contribution in [3.63, 3.8) is 0 Å². The predicted octanol–water partition coefficient (Wildman–Crippen LogP) is 1.77. The Bertz CT molecular complexity index is 1170. The molecule has 31 heavy (non-hydrogen) atoms. The average Bonchev–Trinajstić information content (AvgIpc) is 3.13. The van der Waals surface area contributed by atoms with Crippen LogP contribution in [0.15, 0.2) is 36.5 Å². The van der Waals surface area contributed by atoms with Crippen LogP contribution in [0, 0.1) is 0 Å². The average molecular weight is 446 g/mol. The molecule has 0 atom stereocenters. The minimum absolute atomic E-state index is 0.0261. The Hall–Kier alpha value is -2.53. The summed E-state index contributed by atoms with van der Waals surface area (Å²) >= 11 is 0. The maximum absolute atomic E-state index is 11.3. The first kappa shape index (κ1) is 21.7. The summed E-state index contributed by atoms with van der Waals surface area (Å²) < 4.78 is 35.0. The van der Waals surface area contributed by atoms with Gasteiger partial charge in [-0.05, 0) is 37.4 Å². The van der Waals surface area contributed by atoms with Gasteiger partial charge in [0.1, 0.15) is 5.52 Å². The second-order valence-electron chi connectivity index (χ2n) is 7.94. The zero-order chi connectivity index (χ0) is 22.0. The number of nitrogens with zero attached hydrogens (tertiary/aromatic N) is 5. The molecular weight excluding hydrogens is 418 g/mol. The zero-order valence-electron chi connectivity index (χ0n) is 18.0. The molecule has 4 rings (SSSR count). The summed E-state index contributed by atoms with van der Waals surface area (Å²) in [4.78, 5) is 9.24. The van der Waals surface area contributed by atoms with Gasteiger partial charge in [-0.25, -0.2) is 9.50 Å². The number of benzene rings is 1. The third kappa shape index (κ3) is 5.40. The van der Waals surface area contributed by atoms with Crippen LogP contribution in [-0.4, -0.2) is 74.6 Å². The van der Waals surface area contributed by atoms with Crippen LogP contribution in [0.1, 0.15) is 11.1 Å². The number of ether oxygens (including phenoxy) is 1. The van der Waals surface area contributed by atoms with Crippen molar-refractivity contribution in [3.8, 4) is 11.4 Å². The van der Waals surface area contributed by atoms with Gasteiger partial charge < -0.3 is 14.5 Å². The highest BCUT2D eigenvalue weighted by Crippen LogP contribution is 2.26. The van der Waals surface area contributed by atoms with Crippen LogP contribution in [0.2, 0.25) is 0 Å². The molecule has 1 fully saturated rings. The van der Waals surface area contributed by atoms with E-state index in [1.54, 1.807) is 0 Å². The third-order valence-electron chi connectivity index (χ3n) is 4.93. The highest BCUT2D eigenvalue weighted by Gasteiger charge is 2.19. The first-order valence-electron chi connectivity index (χ1n) is 10.1. The Kier molecular flexibility index (Phi) is 6.24. The summed E-state index contributed by atoms with van der Waals surface area (Å²) in [6, 6.07) is 9.58. The van der Waals surface area contributed by atoms with Gasteiger partial charge in [0.15, 0.2) is 11.6 Å². The Morgan fingerprint density at radius 1 is 1.16 bits per heavy atom. The lowest BCUT2D eigenvalue weighted by atomic mass is 10.1. The minimum Gasteiger partial charge on any atom is -0.378 e. The lowest BCUT2D eigenvalue weighted by Gasteiger charge is -2.28. The quantitative estimate of drug-likeness (QED) is 0.509. The molecule has 3 aromatic rings. The van der Waals surface area contributed by atoms with Crippen molar-refractivity contribution in [3.05, 3.63) is 47.7 Å². The van der Waals surface area contributed by atoms with Gasteiger partial charge in [-0.3, -0.25) is 4.18 Å². The second-order valence-corrected chi connectivity index (χ2v) is 9.59. The Morgan fingerprint density at radius 2 is 1.94 bits per heavy atom. The topological polar surface area (TPSA) is 89.3 Å². The first-order valence-corrected chi connectivity index (χ1v) is 11.9. The fourth-order valence-corrected chi connectivity index (χ4v) is 3.94. The fraction of sp³-hybridized carbons (Fsp3) is 0.429. The van der Waals surface area contributed by atoms with E-state index in [1.165, 1.54) is 0 Å². The van der Waals surface area contributed by atoms with E-state index in [-0.39, 0.29) is 6.61 Å². The molecule has 166 valence electrons. The Labute approximate surface area is 182 Å². The van der Waals surface area contributed by atoms with Crippen molar-refractivity contribution in [1.82, 2.24) is 19.5 Å². The Balaban J connectivity index is 1.75.